The molecule has 2 heterocycles. The van der Waals surface area contributed by atoms with E-state index < -0.39 is 0 Å². The van der Waals surface area contributed by atoms with Crippen molar-refractivity contribution in [2.24, 2.45) is 0 Å². The Hall–Kier alpha value is -2.39. The van der Waals surface area contributed by atoms with E-state index in [-0.39, 0.29) is 11.9 Å². The van der Waals surface area contributed by atoms with E-state index in [2.05, 4.69) is 59.0 Å². The minimum absolute atomic E-state index is 0.176. The van der Waals surface area contributed by atoms with Gasteiger partial charge in [-0.05, 0) is 53.8 Å². The van der Waals surface area contributed by atoms with E-state index in [1.165, 1.54) is 16.8 Å². The molecule has 0 spiro atoms. The van der Waals surface area contributed by atoms with Gasteiger partial charge in [-0.2, -0.15) is 0 Å². The van der Waals surface area contributed by atoms with Crippen molar-refractivity contribution in [3.8, 4) is 0 Å². The highest BCUT2D eigenvalue weighted by Crippen LogP contribution is 2.33. The Bertz CT molecular complexity index is 849. The molecule has 26 heavy (non-hydrogen) atoms. The highest BCUT2D eigenvalue weighted by atomic mass is 19.1. The van der Waals surface area contributed by atoms with Crippen molar-refractivity contribution in [1.82, 2.24) is 9.47 Å². The highest BCUT2D eigenvalue weighted by Gasteiger charge is 2.27. The maximum Gasteiger partial charge on any atom is 0.123 e. The van der Waals surface area contributed by atoms with Crippen LogP contribution in [0.1, 0.15) is 41.8 Å². The molecule has 0 bridgehead atoms. The third-order valence-electron chi connectivity index (χ3n) is 5.36. The van der Waals surface area contributed by atoms with Gasteiger partial charge < -0.3 is 4.57 Å². The lowest BCUT2D eigenvalue weighted by Gasteiger charge is -2.31. The van der Waals surface area contributed by atoms with Gasteiger partial charge in [-0.1, -0.05) is 43.3 Å². The summed E-state index contributed by atoms with van der Waals surface area (Å²) in [6.45, 7) is 5.09. The van der Waals surface area contributed by atoms with Gasteiger partial charge in [0.1, 0.15) is 5.82 Å². The van der Waals surface area contributed by atoms with Crippen LogP contribution < -0.4 is 0 Å². The maximum atomic E-state index is 13.3. The zero-order valence-corrected chi connectivity index (χ0v) is 15.2. The van der Waals surface area contributed by atoms with Crippen molar-refractivity contribution < 1.29 is 4.39 Å². The van der Waals surface area contributed by atoms with E-state index in [0.29, 0.717) is 0 Å². The highest BCUT2D eigenvalue weighted by molar-refractivity contribution is 5.32. The molecule has 1 aliphatic rings. The molecule has 2 nitrogen and oxygen atoms in total. The number of hydrogen-bond acceptors (Lipinski definition) is 1. The number of benzene rings is 2. The Morgan fingerprint density at radius 2 is 1.65 bits per heavy atom. The fourth-order valence-electron chi connectivity index (χ4n) is 3.95. The minimum atomic E-state index is -0.176. The van der Waals surface area contributed by atoms with Gasteiger partial charge in [0.2, 0.25) is 0 Å². The quantitative estimate of drug-likeness (QED) is 0.630. The van der Waals surface area contributed by atoms with E-state index in [0.717, 1.165) is 38.0 Å². The molecule has 4 rings (SSSR count). The number of halogens is 1. The summed E-state index contributed by atoms with van der Waals surface area (Å²) in [4.78, 5) is 2.52. The van der Waals surface area contributed by atoms with E-state index in [1.54, 1.807) is 12.1 Å². The summed E-state index contributed by atoms with van der Waals surface area (Å²) in [5.41, 5.74) is 5.18. The lowest BCUT2D eigenvalue weighted by atomic mass is 9.99. The molecule has 1 aliphatic heterocycles. The van der Waals surface area contributed by atoms with Crippen molar-refractivity contribution in [3.63, 3.8) is 0 Å². The predicted octanol–water partition coefficient (Wildman–Crippen LogP) is 5.18. The zero-order valence-electron chi connectivity index (χ0n) is 15.2. The summed E-state index contributed by atoms with van der Waals surface area (Å²) in [6.07, 6.45) is 4.36. The van der Waals surface area contributed by atoms with Crippen LogP contribution in [0.4, 0.5) is 4.39 Å². The van der Waals surface area contributed by atoms with Crippen molar-refractivity contribution >= 4 is 0 Å². The Kier molecular flexibility index (Phi) is 4.89. The van der Waals surface area contributed by atoms with Crippen LogP contribution in [0.15, 0.2) is 66.9 Å². The molecule has 0 aliphatic carbocycles. The van der Waals surface area contributed by atoms with Gasteiger partial charge in [-0.15, -0.1) is 0 Å². The number of rotatable bonds is 4. The van der Waals surface area contributed by atoms with Crippen LogP contribution in [0.5, 0.6) is 0 Å². The second-order valence-electron chi connectivity index (χ2n) is 7.07. The van der Waals surface area contributed by atoms with Crippen LogP contribution in [0, 0.1) is 5.82 Å². The summed E-state index contributed by atoms with van der Waals surface area (Å²) in [6, 6.07) is 20.5. The zero-order chi connectivity index (χ0) is 17.9. The number of aromatic nitrogens is 1. The fourth-order valence-corrected chi connectivity index (χ4v) is 3.95. The molecule has 0 N–H and O–H groups in total. The molecule has 0 unspecified atom stereocenters. The van der Waals surface area contributed by atoms with Crippen LogP contribution in [-0.4, -0.2) is 16.0 Å². The van der Waals surface area contributed by atoms with Crippen LogP contribution >= 0.6 is 0 Å². The standard InChI is InChI=1S/C23H25FN2/c1-2-18-6-10-20(11-7-18)23-22-5-3-14-25(22)15-4-16-26(23)17-19-8-12-21(24)13-9-19/h3,5-14,23H,2,4,15-17H2,1H3/t23-/m1/s1. The first-order valence-electron chi connectivity index (χ1n) is 9.47. The Morgan fingerprint density at radius 1 is 0.923 bits per heavy atom. The minimum Gasteiger partial charge on any atom is -0.350 e. The molecule has 2 aromatic carbocycles. The van der Waals surface area contributed by atoms with Crippen LogP contribution in [0.3, 0.4) is 0 Å². The topological polar surface area (TPSA) is 8.17 Å². The molecule has 0 fully saturated rings. The Morgan fingerprint density at radius 3 is 2.38 bits per heavy atom. The smallest absolute Gasteiger partial charge is 0.123 e. The van der Waals surface area contributed by atoms with Crippen molar-refractivity contribution in [2.75, 3.05) is 6.54 Å². The van der Waals surface area contributed by atoms with Gasteiger partial charge in [0.15, 0.2) is 0 Å². The SMILES string of the molecule is CCc1ccc([C@@H]2c3cccn3CCCN2Cc2ccc(F)cc2)cc1. The van der Waals surface area contributed by atoms with Gasteiger partial charge in [-0.25, -0.2) is 4.39 Å². The molecule has 0 radical (unpaired) electrons. The lowest BCUT2D eigenvalue weighted by molar-refractivity contribution is 0.220. The van der Waals surface area contributed by atoms with Crippen molar-refractivity contribution in [2.45, 2.75) is 38.9 Å². The number of nitrogens with zero attached hydrogens (tertiary/aromatic N) is 2. The molecule has 0 amide bonds. The predicted molar refractivity (Wildman–Crippen MR) is 104 cm³/mol. The number of fused-ring (bicyclic) bond motifs is 1. The van der Waals surface area contributed by atoms with Gasteiger partial charge >= 0.3 is 0 Å². The first-order valence-corrected chi connectivity index (χ1v) is 9.47. The molecule has 1 atom stereocenters. The maximum absolute atomic E-state index is 13.3. The fraction of sp³-hybridized carbons (Fsp3) is 0.304. The molecule has 134 valence electrons. The van der Waals surface area contributed by atoms with Crippen molar-refractivity contribution in [3.05, 3.63) is 95.1 Å². The first kappa shape index (κ1) is 17.0. The van der Waals surface area contributed by atoms with Crippen LogP contribution in [0.2, 0.25) is 0 Å². The van der Waals surface area contributed by atoms with Crippen molar-refractivity contribution in [1.29, 1.82) is 0 Å². The lowest BCUT2D eigenvalue weighted by Crippen LogP contribution is -2.29. The van der Waals surface area contributed by atoms with E-state index in [4.69, 9.17) is 0 Å². The molecular formula is C23H25FN2. The first-order chi connectivity index (χ1) is 12.7. The number of hydrogen-bond donors (Lipinski definition) is 0. The summed E-state index contributed by atoms with van der Waals surface area (Å²) < 4.78 is 15.7. The van der Waals surface area contributed by atoms with E-state index in [9.17, 15) is 4.39 Å². The summed E-state index contributed by atoms with van der Waals surface area (Å²) in [5.74, 6) is -0.176. The molecule has 1 aromatic heterocycles. The van der Waals surface area contributed by atoms with Gasteiger partial charge in [0.05, 0.1) is 6.04 Å². The monoisotopic (exact) mass is 348 g/mol. The third-order valence-corrected chi connectivity index (χ3v) is 5.36. The second kappa shape index (κ2) is 7.46. The average Bonchev–Trinajstić information content (AvgIpc) is 3.05. The third kappa shape index (κ3) is 3.45. The normalized spacial score (nSPS) is 17.7. The van der Waals surface area contributed by atoms with E-state index >= 15 is 0 Å². The van der Waals surface area contributed by atoms with Gasteiger partial charge in [0.25, 0.3) is 0 Å². The Balaban J connectivity index is 1.71. The van der Waals surface area contributed by atoms with Crippen LogP contribution in [0.25, 0.3) is 0 Å². The molecule has 0 saturated heterocycles. The average molecular weight is 348 g/mol. The van der Waals surface area contributed by atoms with Crippen LogP contribution in [-0.2, 0) is 19.5 Å². The van der Waals surface area contributed by atoms with E-state index in [1.807, 2.05) is 12.1 Å². The largest absolute Gasteiger partial charge is 0.350 e. The summed E-state index contributed by atoms with van der Waals surface area (Å²) in [7, 11) is 0. The van der Waals surface area contributed by atoms with Gasteiger partial charge in [0, 0.05) is 31.5 Å². The summed E-state index contributed by atoms with van der Waals surface area (Å²) >= 11 is 0. The number of aryl methyl sites for hydroxylation is 2. The Labute approximate surface area is 154 Å². The molecule has 0 saturated carbocycles. The second-order valence-corrected chi connectivity index (χ2v) is 7.07. The summed E-state index contributed by atoms with van der Waals surface area (Å²) in [5, 5.41) is 0. The van der Waals surface area contributed by atoms with Gasteiger partial charge in [-0.3, -0.25) is 4.90 Å². The molecule has 3 aromatic rings. The molecular weight excluding hydrogens is 323 g/mol. The molecule has 3 heteroatoms.